The average Bonchev–Trinajstić information content (AvgIpc) is 2.51. The van der Waals surface area contributed by atoms with E-state index in [1.807, 2.05) is 0 Å². The summed E-state index contributed by atoms with van der Waals surface area (Å²) in [6.07, 6.45) is 9.27. The van der Waals surface area contributed by atoms with Gasteiger partial charge < -0.3 is 4.90 Å². The van der Waals surface area contributed by atoms with E-state index in [0.29, 0.717) is 6.04 Å². The molecule has 0 N–H and O–H groups in total. The molecule has 0 saturated carbocycles. The van der Waals surface area contributed by atoms with Crippen LogP contribution in [0.5, 0.6) is 0 Å². The molecular formula is C11H18N2. The summed E-state index contributed by atoms with van der Waals surface area (Å²) in [6.45, 7) is 2.36. The van der Waals surface area contributed by atoms with Gasteiger partial charge >= 0.3 is 0 Å². The molecule has 0 radical (unpaired) electrons. The van der Waals surface area contributed by atoms with E-state index in [1.165, 1.54) is 19.4 Å². The third kappa shape index (κ3) is 1.78. The molecule has 0 aromatic heterocycles. The minimum atomic E-state index is 0.701. The van der Waals surface area contributed by atoms with E-state index < -0.39 is 0 Å². The van der Waals surface area contributed by atoms with Gasteiger partial charge in [0.15, 0.2) is 0 Å². The second-order valence-electron chi connectivity index (χ2n) is 4.14. The van der Waals surface area contributed by atoms with Crippen molar-refractivity contribution in [1.82, 2.24) is 9.80 Å². The van der Waals surface area contributed by atoms with Crippen molar-refractivity contribution in [2.45, 2.75) is 18.9 Å². The molecule has 0 bridgehead atoms. The first-order valence-electron chi connectivity index (χ1n) is 5.05. The number of hydrogen-bond acceptors (Lipinski definition) is 2. The third-order valence-electron chi connectivity index (χ3n) is 3.03. The topological polar surface area (TPSA) is 6.48 Å². The number of rotatable bonds is 1. The van der Waals surface area contributed by atoms with Crippen LogP contribution in [0.4, 0.5) is 0 Å². The van der Waals surface area contributed by atoms with Crippen molar-refractivity contribution < 1.29 is 0 Å². The molecule has 0 aromatic rings. The molecule has 2 heteroatoms. The maximum absolute atomic E-state index is 2.47. The van der Waals surface area contributed by atoms with Crippen molar-refractivity contribution in [1.29, 1.82) is 0 Å². The van der Waals surface area contributed by atoms with Gasteiger partial charge in [0.25, 0.3) is 0 Å². The molecular weight excluding hydrogens is 160 g/mol. The number of likely N-dealkylation sites (N-methyl/N-ethyl adjacent to an activating group) is 2. The van der Waals surface area contributed by atoms with Crippen molar-refractivity contribution >= 4 is 0 Å². The first-order valence-corrected chi connectivity index (χ1v) is 5.05. The molecule has 0 aromatic carbocycles. The molecule has 1 saturated heterocycles. The number of likely N-dealkylation sites (tertiary alicyclic amines) is 1. The summed E-state index contributed by atoms with van der Waals surface area (Å²) in [6, 6.07) is 0.701. The number of nitrogens with zero attached hydrogens (tertiary/aromatic N) is 2. The van der Waals surface area contributed by atoms with Gasteiger partial charge in [0.2, 0.25) is 0 Å². The van der Waals surface area contributed by atoms with Crippen LogP contribution in [0.1, 0.15) is 12.8 Å². The van der Waals surface area contributed by atoms with Crippen LogP contribution in [0.25, 0.3) is 0 Å². The Morgan fingerprint density at radius 2 is 2.23 bits per heavy atom. The van der Waals surface area contributed by atoms with E-state index in [4.69, 9.17) is 0 Å². The molecule has 1 atom stereocenters. The predicted molar refractivity (Wildman–Crippen MR) is 55.5 cm³/mol. The highest BCUT2D eigenvalue weighted by molar-refractivity contribution is 5.24. The first-order chi connectivity index (χ1) is 6.27. The van der Waals surface area contributed by atoms with E-state index in [9.17, 15) is 0 Å². The molecule has 2 rings (SSSR count). The average molecular weight is 178 g/mol. The van der Waals surface area contributed by atoms with E-state index >= 15 is 0 Å². The third-order valence-corrected chi connectivity index (χ3v) is 3.03. The minimum Gasteiger partial charge on any atom is -0.376 e. The van der Waals surface area contributed by atoms with Gasteiger partial charge in [-0.3, -0.25) is 4.90 Å². The molecule has 2 nitrogen and oxygen atoms in total. The van der Waals surface area contributed by atoms with Gasteiger partial charge in [0.05, 0.1) is 0 Å². The van der Waals surface area contributed by atoms with Gasteiger partial charge in [-0.2, -0.15) is 0 Å². The minimum absolute atomic E-state index is 0.701. The van der Waals surface area contributed by atoms with Crippen LogP contribution in [0.2, 0.25) is 0 Å². The number of hydrogen-bond donors (Lipinski definition) is 0. The van der Waals surface area contributed by atoms with E-state index in [0.717, 1.165) is 6.54 Å². The molecule has 0 aliphatic carbocycles. The summed E-state index contributed by atoms with van der Waals surface area (Å²) >= 11 is 0. The highest BCUT2D eigenvalue weighted by atomic mass is 15.2. The standard InChI is InChI=1S/C11H18N2/c1-12-7-3-5-10(9-12)11-6-4-8-13(11)2/h3,5,7,11H,4,6,8-9H2,1-2H3/t11-/m0/s1. The summed E-state index contributed by atoms with van der Waals surface area (Å²) in [5.74, 6) is 0. The lowest BCUT2D eigenvalue weighted by atomic mass is 10.0. The van der Waals surface area contributed by atoms with Crippen LogP contribution >= 0.6 is 0 Å². The Bertz CT molecular complexity index is 242. The Hall–Kier alpha value is -0.760. The van der Waals surface area contributed by atoms with Crippen molar-refractivity contribution in [3.63, 3.8) is 0 Å². The Labute approximate surface area is 80.5 Å². The molecule has 72 valence electrons. The smallest absolute Gasteiger partial charge is 0.0398 e. The van der Waals surface area contributed by atoms with Crippen molar-refractivity contribution in [3.05, 3.63) is 23.9 Å². The maximum Gasteiger partial charge on any atom is 0.0398 e. The zero-order valence-electron chi connectivity index (χ0n) is 8.53. The molecule has 0 amide bonds. The quantitative estimate of drug-likeness (QED) is 0.600. The van der Waals surface area contributed by atoms with Crippen LogP contribution in [-0.2, 0) is 0 Å². The fourth-order valence-corrected chi connectivity index (χ4v) is 2.30. The van der Waals surface area contributed by atoms with Crippen LogP contribution in [0.15, 0.2) is 23.9 Å². The lowest BCUT2D eigenvalue weighted by Gasteiger charge is -2.27. The Balaban J connectivity index is 2.07. The molecule has 1 fully saturated rings. The van der Waals surface area contributed by atoms with Gasteiger partial charge in [-0.05, 0) is 44.3 Å². The summed E-state index contributed by atoms with van der Waals surface area (Å²) in [5, 5.41) is 0. The second kappa shape index (κ2) is 3.54. The summed E-state index contributed by atoms with van der Waals surface area (Å²) in [5.41, 5.74) is 1.57. The van der Waals surface area contributed by atoms with E-state index in [2.05, 4.69) is 42.2 Å². The van der Waals surface area contributed by atoms with E-state index in [-0.39, 0.29) is 0 Å². The summed E-state index contributed by atoms with van der Waals surface area (Å²) < 4.78 is 0. The fourth-order valence-electron chi connectivity index (χ4n) is 2.30. The summed E-state index contributed by atoms with van der Waals surface area (Å²) in [4.78, 5) is 4.72. The Morgan fingerprint density at radius 3 is 2.85 bits per heavy atom. The van der Waals surface area contributed by atoms with Crippen LogP contribution < -0.4 is 0 Å². The second-order valence-corrected chi connectivity index (χ2v) is 4.14. The monoisotopic (exact) mass is 178 g/mol. The molecule has 13 heavy (non-hydrogen) atoms. The Kier molecular flexibility index (Phi) is 2.40. The van der Waals surface area contributed by atoms with Crippen molar-refractivity contribution in [2.24, 2.45) is 0 Å². The van der Waals surface area contributed by atoms with Gasteiger partial charge in [-0.25, -0.2) is 0 Å². The van der Waals surface area contributed by atoms with Gasteiger partial charge in [0, 0.05) is 19.6 Å². The van der Waals surface area contributed by atoms with Crippen molar-refractivity contribution in [2.75, 3.05) is 27.2 Å². The van der Waals surface area contributed by atoms with Gasteiger partial charge in [0.1, 0.15) is 0 Å². The van der Waals surface area contributed by atoms with Crippen molar-refractivity contribution in [3.8, 4) is 0 Å². The Morgan fingerprint density at radius 1 is 1.38 bits per heavy atom. The normalized spacial score (nSPS) is 29.5. The fraction of sp³-hybridized carbons (Fsp3) is 0.636. The van der Waals surface area contributed by atoms with Gasteiger partial charge in [-0.15, -0.1) is 0 Å². The molecule has 2 aliphatic rings. The van der Waals surface area contributed by atoms with E-state index in [1.54, 1.807) is 5.57 Å². The van der Waals surface area contributed by atoms with Gasteiger partial charge in [-0.1, -0.05) is 6.08 Å². The van der Waals surface area contributed by atoms with Crippen LogP contribution in [-0.4, -0.2) is 43.0 Å². The molecule has 0 spiro atoms. The summed E-state index contributed by atoms with van der Waals surface area (Å²) in [7, 11) is 4.37. The lowest BCUT2D eigenvalue weighted by molar-refractivity contribution is 0.326. The highest BCUT2D eigenvalue weighted by Crippen LogP contribution is 2.23. The molecule has 0 unspecified atom stereocenters. The zero-order valence-corrected chi connectivity index (χ0v) is 8.53. The zero-order chi connectivity index (χ0) is 9.26. The predicted octanol–water partition coefficient (Wildman–Crippen LogP) is 1.47. The largest absolute Gasteiger partial charge is 0.376 e. The lowest BCUT2D eigenvalue weighted by Crippen LogP contribution is -2.32. The first kappa shape index (κ1) is 8.82. The SMILES string of the molecule is CN1C=CC=C([C@@H]2CCCN2C)C1. The highest BCUT2D eigenvalue weighted by Gasteiger charge is 2.24. The number of allylic oxidation sites excluding steroid dienone is 2. The molecule has 2 aliphatic heterocycles. The molecule has 2 heterocycles. The van der Waals surface area contributed by atoms with Crippen LogP contribution in [0.3, 0.4) is 0 Å². The maximum atomic E-state index is 2.47. The van der Waals surface area contributed by atoms with Crippen LogP contribution in [0, 0.1) is 0 Å².